The van der Waals surface area contributed by atoms with Gasteiger partial charge in [0, 0.05) is 6.42 Å². The second-order valence-electron chi connectivity index (χ2n) is 4.37. The van der Waals surface area contributed by atoms with Gasteiger partial charge in [0.15, 0.2) is 0 Å². The monoisotopic (exact) mass is 240 g/mol. The molecular formula is C15H28O2. The summed E-state index contributed by atoms with van der Waals surface area (Å²) in [5, 5.41) is 0. The van der Waals surface area contributed by atoms with E-state index in [9.17, 15) is 4.79 Å². The van der Waals surface area contributed by atoms with Crippen LogP contribution in [0.4, 0.5) is 0 Å². The summed E-state index contributed by atoms with van der Waals surface area (Å²) in [6.07, 6.45) is 14.7. The molecule has 0 heterocycles. The minimum atomic E-state index is -0.0463. The van der Waals surface area contributed by atoms with E-state index < -0.39 is 0 Å². The summed E-state index contributed by atoms with van der Waals surface area (Å²) >= 11 is 0. The van der Waals surface area contributed by atoms with Gasteiger partial charge in [0.25, 0.3) is 0 Å². The molecule has 0 aromatic heterocycles. The summed E-state index contributed by atoms with van der Waals surface area (Å²) in [5.74, 6) is -0.0463. The minimum absolute atomic E-state index is 0.0463. The van der Waals surface area contributed by atoms with Crippen molar-refractivity contribution in [3.05, 3.63) is 12.2 Å². The van der Waals surface area contributed by atoms with Crippen LogP contribution in [0.2, 0.25) is 0 Å². The van der Waals surface area contributed by atoms with Crippen molar-refractivity contribution in [2.75, 3.05) is 6.61 Å². The second-order valence-corrected chi connectivity index (χ2v) is 4.37. The Morgan fingerprint density at radius 2 is 1.59 bits per heavy atom. The average molecular weight is 240 g/mol. The van der Waals surface area contributed by atoms with Gasteiger partial charge in [0.2, 0.25) is 0 Å². The number of rotatable bonds is 11. The molecule has 0 spiro atoms. The average Bonchev–Trinajstić information content (AvgIpc) is 2.32. The first-order valence-electron chi connectivity index (χ1n) is 7.11. The lowest BCUT2D eigenvalue weighted by Gasteiger charge is -2.01. The fourth-order valence-electron chi connectivity index (χ4n) is 1.70. The van der Waals surface area contributed by atoms with E-state index in [1.807, 2.05) is 6.92 Å². The second kappa shape index (κ2) is 13.3. The van der Waals surface area contributed by atoms with Crippen LogP contribution in [0.3, 0.4) is 0 Å². The molecule has 0 radical (unpaired) electrons. The van der Waals surface area contributed by atoms with Gasteiger partial charge in [-0.3, -0.25) is 4.79 Å². The van der Waals surface area contributed by atoms with E-state index >= 15 is 0 Å². The third-order valence-electron chi connectivity index (χ3n) is 2.68. The number of hydrogen-bond acceptors (Lipinski definition) is 2. The maximum absolute atomic E-state index is 11.0. The maximum atomic E-state index is 11.0. The molecule has 2 nitrogen and oxygen atoms in total. The van der Waals surface area contributed by atoms with Crippen LogP contribution in [0.15, 0.2) is 12.2 Å². The lowest BCUT2D eigenvalue weighted by Crippen LogP contribution is -2.03. The Hall–Kier alpha value is -0.790. The molecule has 0 unspecified atom stereocenters. The molecule has 0 amide bonds. The summed E-state index contributed by atoms with van der Waals surface area (Å²) in [7, 11) is 0. The number of carbonyl (C=O) groups excluding carboxylic acids is 1. The highest BCUT2D eigenvalue weighted by Crippen LogP contribution is 2.08. The van der Waals surface area contributed by atoms with Crippen LogP contribution in [-0.2, 0) is 9.53 Å². The Kier molecular flexibility index (Phi) is 12.7. The van der Waals surface area contributed by atoms with Crippen LogP contribution in [0, 0.1) is 0 Å². The van der Waals surface area contributed by atoms with E-state index in [2.05, 4.69) is 19.1 Å². The van der Waals surface area contributed by atoms with Crippen molar-refractivity contribution < 1.29 is 9.53 Å². The Bertz CT molecular complexity index is 197. The van der Waals surface area contributed by atoms with Crippen molar-refractivity contribution in [1.29, 1.82) is 0 Å². The van der Waals surface area contributed by atoms with E-state index in [0.29, 0.717) is 13.0 Å². The zero-order valence-corrected chi connectivity index (χ0v) is 11.5. The molecule has 0 aliphatic carbocycles. The van der Waals surface area contributed by atoms with Gasteiger partial charge in [0.1, 0.15) is 0 Å². The molecule has 0 aromatic rings. The molecule has 0 N–H and O–H groups in total. The van der Waals surface area contributed by atoms with Crippen LogP contribution < -0.4 is 0 Å². The highest BCUT2D eigenvalue weighted by molar-refractivity contribution is 5.69. The molecule has 0 aliphatic heterocycles. The predicted molar refractivity (Wildman–Crippen MR) is 73.0 cm³/mol. The number of ether oxygens (including phenoxy) is 1. The molecule has 0 saturated carbocycles. The van der Waals surface area contributed by atoms with Crippen LogP contribution in [0.5, 0.6) is 0 Å². The topological polar surface area (TPSA) is 26.3 Å². The van der Waals surface area contributed by atoms with Crippen molar-refractivity contribution in [1.82, 2.24) is 0 Å². The van der Waals surface area contributed by atoms with Crippen LogP contribution in [0.1, 0.15) is 71.6 Å². The fourth-order valence-corrected chi connectivity index (χ4v) is 1.70. The maximum Gasteiger partial charge on any atom is 0.305 e. The van der Waals surface area contributed by atoms with Gasteiger partial charge >= 0.3 is 5.97 Å². The minimum Gasteiger partial charge on any atom is -0.466 e. The van der Waals surface area contributed by atoms with Gasteiger partial charge < -0.3 is 4.74 Å². The highest BCUT2D eigenvalue weighted by atomic mass is 16.5. The first-order valence-corrected chi connectivity index (χ1v) is 7.11. The smallest absolute Gasteiger partial charge is 0.305 e. The van der Waals surface area contributed by atoms with Crippen molar-refractivity contribution in [2.24, 2.45) is 0 Å². The SMILES string of the molecule is CCC/C=C/CCCCCCCC(=O)OCC. The highest BCUT2D eigenvalue weighted by Gasteiger charge is 2.00. The van der Waals surface area contributed by atoms with Crippen molar-refractivity contribution in [3.63, 3.8) is 0 Å². The largest absolute Gasteiger partial charge is 0.466 e. The van der Waals surface area contributed by atoms with Crippen LogP contribution in [0.25, 0.3) is 0 Å². The number of carbonyl (C=O) groups is 1. The summed E-state index contributed by atoms with van der Waals surface area (Å²) in [6, 6.07) is 0. The number of unbranched alkanes of at least 4 members (excludes halogenated alkanes) is 6. The standard InChI is InChI=1S/C15H28O2/c1-3-5-6-7-8-9-10-11-12-13-14-15(16)17-4-2/h6-7H,3-5,8-14H2,1-2H3/b7-6+. The van der Waals surface area contributed by atoms with E-state index in [1.165, 1.54) is 38.5 Å². The first kappa shape index (κ1) is 16.2. The zero-order chi connectivity index (χ0) is 12.8. The summed E-state index contributed by atoms with van der Waals surface area (Å²) in [6.45, 7) is 4.56. The summed E-state index contributed by atoms with van der Waals surface area (Å²) in [5.41, 5.74) is 0. The molecule has 0 bridgehead atoms. The Labute approximate surface area is 106 Å². The Balaban J connectivity index is 3.11. The molecule has 0 aliphatic rings. The number of esters is 1. The predicted octanol–water partition coefficient (Wildman–Crippen LogP) is 4.64. The first-order chi connectivity index (χ1) is 8.31. The Morgan fingerprint density at radius 1 is 0.941 bits per heavy atom. The van der Waals surface area contributed by atoms with E-state index in [4.69, 9.17) is 4.74 Å². The number of hydrogen-bond donors (Lipinski definition) is 0. The fraction of sp³-hybridized carbons (Fsp3) is 0.800. The summed E-state index contributed by atoms with van der Waals surface area (Å²) in [4.78, 5) is 11.0. The van der Waals surface area contributed by atoms with Crippen molar-refractivity contribution >= 4 is 5.97 Å². The molecule has 0 saturated heterocycles. The van der Waals surface area contributed by atoms with Gasteiger partial charge in [0.05, 0.1) is 6.61 Å². The van der Waals surface area contributed by atoms with Gasteiger partial charge in [-0.1, -0.05) is 44.8 Å². The van der Waals surface area contributed by atoms with Crippen molar-refractivity contribution in [3.8, 4) is 0 Å². The molecule has 0 fully saturated rings. The van der Waals surface area contributed by atoms with Crippen LogP contribution >= 0.6 is 0 Å². The summed E-state index contributed by atoms with van der Waals surface area (Å²) < 4.78 is 4.88. The zero-order valence-electron chi connectivity index (χ0n) is 11.5. The van der Waals surface area contributed by atoms with Gasteiger partial charge in [-0.25, -0.2) is 0 Å². The Morgan fingerprint density at radius 3 is 2.29 bits per heavy atom. The van der Waals surface area contributed by atoms with Gasteiger partial charge in [-0.2, -0.15) is 0 Å². The van der Waals surface area contributed by atoms with E-state index in [1.54, 1.807) is 0 Å². The molecule has 0 atom stereocenters. The molecule has 100 valence electrons. The lowest BCUT2D eigenvalue weighted by molar-refractivity contribution is -0.143. The van der Waals surface area contributed by atoms with E-state index in [-0.39, 0.29) is 5.97 Å². The normalized spacial score (nSPS) is 10.9. The molecule has 17 heavy (non-hydrogen) atoms. The third-order valence-corrected chi connectivity index (χ3v) is 2.68. The molecule has 0 aromatic carbocycles. The lowest BCUT2D eigenvalue weighted by atomic mass is 10.1. The van der Waals surface area contributed by atoms with E-state index in [0.717, 1.165) is 12.8 Å². The van der Waals surface area contributed by atoms with Crippen LogP contribution in [-0.4, -0.2) is 12.6 Å². The quantitative estimate of drug-likeness (QED) is 0.299. The molecular weight excluding hydrogens is 212 g/mol. The molecule has 2 heteroatoms. The van der Waals surface area contributed by atoms with Crippen molar-refractivity contribution in [2.45, 2.75) is 71.6 Å². The third kappa shape index (κ3) is 13.1. The number of allylic oxidation sites excluding steroid dienone is 2. The molecule has 0 rings (SSSR count). The van der Waals surface area contributed by atoms with Gasteiger partial charge in [-0.15, -0.1) is 0 Å². The van der Waals surface area contributed by atoms with Gasteiger partial charge in [-0.05, 0) is 32.6 Å².